The van der Waals surface area contributed by atoms with Gasteiger partial charge in [0.2, 0.25) is 0 Å². The lowest BCUT2D eigenvalue weighted by Gasteiger charge is -2.41. The third kappa shape index (κ3) is 3.61. The Bertz CT molecular complexity index is 672. The fourth-order valence-electron chi connectivity index (χ4n) is 3.51. The van der Waals surface area contributed by atoms with Crippen LogP contribution < -0.4 is 4.90 Å². The molecular formula is C18H25N3O4. The Morgan fingerprint density at radius 1 is 1.32 bits per heavy atom. The quantitative estimate of drug-likeness (QED) is 0.618. The first-order chi connectivity index (χ1) is 11.9. The highest BCUT2D eigenvalue weighted by atomic mass is 16.6. The van der Waals surface area contributed by atoms with Crippen LogP contribution in [0.25, 0.3) is 0 Å². The van der Waals surface area contributed by atoms with Crippen LogP contribution in [0.15, 0.2) is 18.2 Å². The second-order valence-corrected chi connectivity index (χ2v) is 7.03. The van der Waals surface area contributed by atoms with Crippen LogP contribution in [0.5, 0.6) is 0 Å². The van der Waals surface area contributed by atoms with Crippen molar-refractivity contribution < 1.29 is 14.5 Å². The maximum absolute atomic E-state index is 12.8. The summed E-state index contributed by atoms with van der Waals surface area (Å²) in [6.07, 6.45) is 2.80. The highest BCUT2D eigenvalue weighted by Crippen LogP contribution is 2.30. The highest BCUT2D eigenvalue weighted by molar-refractivity contribution is 5.99. The van der Waals surface area contributed by atoms with Gasteiger partial charge in [-0.1, -0.05) is 6.92 Å². The molecule has 2 aliphatic heterocycles. The Kier molecular flexibility index (Phi) is 4.94. The van der Waals surface area contributed by atoms with E-state index in [4.69, 9.17) is 4.74 Å². The first kappa shape index (κ1) is 17.7. The molecule has 1 aromatic rings. The van der Waals surface area contributed by atoms with E-state index in [1.54, 1.807) is 17.0 Å². The van der Waals surface area contributed by atoms with Crippen LogP contribution in [0.1, 0.15) is 43.5 Å². The summed E-state index contributed by atoms with van der Waals surface area (Å²) < 4.78 is 5.86. The summed E-state index contributed by atoms with van der Waals surface area (Å²) in [6.45, 7) is 7.53. The third-order valence-corrected chi connectivity index (χ3v) is 5.25. The minimum atomic E-state index is -0.470. The van der Waals surface area contributed by atoms with Gasteiger partial charge in [0.1, 0.15) is 5.56 Å². The second-order valence-electron chi connectivity index (χ2n) is 7.03. The van der Waals surface area contributed by atoms with Crippen LogP contribution in [-0.2, 0) is 4.74 Å². The number of ether oxygens (including phenoxy) is 1. The summed E-state index contributed by atoms with van der Waals surface area (Å²) in [7, 11) is 0. The Morgan fingerprint density at radius 2 is 2.04 bits per heavy atom. The minimum Gasteiger partial charge on any atom is -0.372 e. The molecule has 0 aromatic heterocycles. The Morgan fingerprint density at radius 3 is 2.68 bits per heavy atom. The van der Waals surface area contributed by atoms with E-state index in [0.29, 0.717) is 32.8 Å². The number of nitro groups is 1. The molecule has 0 aliphatic carbocycles. The number of rotatable bonds is 4. The van der Waals surface area contributed by atoms with Crippen LogP contribution in [0.2, 0.25) is 0 Å². The van der Waals surface area contributed by atoms with E-state index >= 15 is 0 Å². The van der Waals surface area contributed by atoms with E-state index in [-0.39, 0.29) is 22.8 Å². The molecule has 25 heavy (non-hydrogen) atoms. The topological polar surface area (TPSA) is 75.9 Å². The number of benzene rings is 1. The Labute approximate surface area is 147 Å². The van der Waals surface area contributed by atoms with E-state index in [9.17, 15) is 14.9 Å². The fraction of sp³-hybridized carbons (Fsp3) is 0.611. The van der Waals surface area contributed by atoms with Crippen LogP contribution >= 0.6 is 0 Å². The summed E-state index contributed by atoms with van der Waals surface area (Å²) in [5.41, 5.74) is 0.677. The maximum Gasteiger partial charge on any atom is 0.282 e. The van der Waals surface area contributed by atoms with E-state index in [2.05, 4.69) is 18.7 Å². The van der Waals surface area contributed by atoms with E-state index in [1.165, 1.54) is 6.07 Å². The lowest BCUT2D eigenvalue weighted by molar-refractivity contribution is -0.385. The molecule has 0 spiro atoms. The lowest BCUT2D eigenvalue weighted by Crippen LogP contribution is -2.49. The van der Waals surface area contributed by atoms with Gasteiger partial charge in [-0.3, -0.25) is 14.9 Å². The summed E-state index contributed by atoms with van der Waals surface area (Å²) in [5.74, 6) is -0.238. The van der Waals surface area contributed by atoms with Gasteiger partial charge in [-0.2, -0.15) is 0 Å². The molecule has 2 fully saturated rings. The fourth-order valence-corrected chi connectivity index (χ4v) is 3.51. The summed E-state index contributed by atoms with van der Waals surface area (Å²) >= 11 is 0. The second kappa shape index (κ2) is 7.00. The van der Waals surface area contributed by atoms with Crippen LogP contribution in [0.3, 0.4) is 0 Å². The standard InChI is InChI=1S/C18H25N3O4/c1-3-18(2)13-20(10-11-25-18)14-6-7-16(21(23)24)15(12-14)17(22)19-8-4-5-9-19/h6-7,12H,3-5,8-11,13H2,1-2H3. The van der Waals surface area contributed by atoms with Crippen LogP contribution in [0.4, 0.5) is 11.4 Å². The Balaban J connectivity index is 1.92. The number of carbonyl (C=O) groups excluding carboxylic acids is 1. The largest absolute Gasteiger partial charge is 0.372 e. The molecule has 7 nitrogen and oxygen atoms in total. The summed E-state index contributed by atoms with van der Waals surface area (Å²) in [5, 5.41) is 11.4. The number of hydrogen-bond donors (Lipinski definition) is 0. The molecule has 0 saturated carbocycles. The molecule has 2 heterocycles. The highest BCUT2D eigenvalue weighted by Gasteiger charge is 2.32. The van der Waals surface area contributed by atoms with Gasteiger partial charge in [0.15, 0.2) is 0 Å². The molecule has 3 rings (SSSR count). The normalized spacial score (nSPS) is 23.8. The number of carbonyl (C=O) groups is 1. The number of nitrogens with zero attached hydrogens (tertiary/aromatic N) is 3. The number of hydrogen-bond acceptors (Lipinski definition) is 5. The lowest BCUT2D eigenvalue weighted by atomic mass is 10.00. The van der Waals surface area contributed by atoms with Gasteiger partial charge in [0.05, 0.1) is 17.1 Å². The third-order valence-electron chi connectivity index (χ3n) is 5.25. The van der Waals surface area contributed by atoms with Crippen molar-refractivity contribution in [3.05, 3.63) is 33.9 Å². The Hall–Kier alpha value is -2.15. The van der Waals surface area contributed by atoms with Crippen molar-refractivity contribution in [2.45, 2.75) is 38.7 Å². The number of anilines is 1. The smallest absolute Gasteiger partial charge is 0.282 e. The maximum atomic E-state index is 12.8. The van der Waals surface area contributed by atoms with Gasteiger partial charge >= 0.3 is 0 Å². The first-order valence-electron chi connectivity index (χ1n) is 8.90. The van der Waals surface area contributed by atoms with Crippen molar-refractivity contribution in [2.24, 2.45) is 0 Å². The number of likely N-dealkylation sites (tertiary alicyclic amines) is 1. The van der Waals surface area contributed by atoms with E-state index in [1.807, 2.05) is 0 Å². The molecule has 1 atom stereocenters. The van der Waals surface area contributed by atoms with Crippen LogP contribution in [-0.4, -0.2) is 54.1 Å². The van der Waals surface area contributed by atoms with Crippen LogP contribution in [0, 0.1) is 10.1 Å². The summed E-state index contributed by atoms with van der Waals surface area (Å²) in [6, 6.07) is 4.87. The number of nitro benzene ring substituents is 1. The molecule has 0 N–H and O–H groups in total. The zero-order valence-electron chi connectivity index (χ0n) is 14.9. The van der Waals surface area contributed by atoms with Crippen molar-refractivity contribution in [3.63, 3.8) is 0 Å². The molecule has 0 radical (unpaired) electrons. The van der Waals surface area contributed by atoms with Gasteiger partial charge in [0, 0.05) is 37.9 Å². The van der Waals surface area contributed by atoms with Gasteiger partial charge < -0.3 is 14.5 Å². The van der Waals surface area contributed by atoms with Gasteiger partial charge in [-0.05, 0) is 38.3 Å². The van der Waals surface area contributed by atoms with Crippen molar-refractivity contribution in [1.29, 1.82) is 0 Å². The predicted octanol–water partition coefficient (Wildman–Crippen LogP) is 2.84. The molecule has 1 unspecified atom stereocenters. The van der Waals surface area contributed by atoms with Gasteiger partial charge in [-0.15, -0.1) is 0 Å². The number of amides is 1. The van der Waals surface area contributed by atoms with Gasteiger partial charge in [-0.25, -0.2) is 0 Å². The van der Waals surface area contributed by atoms with Crippen molar-refractivity contribution in [3.8, 4) is 0 Å². The van der Waals surface area contributed by atoms with Crippen molar-refractivity contribution >= 4 is 17.3 Å². The molecule has 1 amide bonds. The van der Waals surface area contributed by atoms with Gasteiger partial charge in [0.25, 0.3) is 11.6 Å². The summed E-state index contributed by atoms with van der Waals surface area (Å²) in [4.78, 5) is 27.5. The molecular weight excluding hydrogens is 322 g/mol. The molecule has 136 valence electrons. The van der Waals surface area contributed by atoms with E-state index in [0.717, 1.165) is 24.9 Å². The first-order valence-corrected chi connectivity index (χ1v) is 8.90. The zero-order chi connectivity index (χ0) is 18.0. The van der Waals surface area contributed by atoms with Crippen molar-refractivity contribution in [1.82, 2.24) is 4.90 Å². The molecule has 1 aromatic carbocycles. The van der Waals surface area contributed by atoms with Crippen molar-refractivity contribution in [2.75, 3.05) is 37.7 Å². The molecule has 2 aliphatic rings. The zero-order valence-corrected chi connectivity index (χ0v) is 14.9. The predicted molar refractivity (Wildman–Crippen MR) is 95.1 cm³/mol. The average Bonchev–Trinajstić information content (AvgIpc) is 3.15. The van der Waals surface area contributed by atoms with E-state index < -0.39 is 4.92 Å². The molecule has 2 saturated heterocycles. The average molecular weight is 347 g/mol. The number of morpholine rings is 1. The monoisotopic (exact) mass is 347 g/mol. The molecule has 7 heteroatoms. The molecule has 0 bridgehead atoms. The minimum absolute atomic E-state index is 0.118. The SMILES string of the molecule is CCC1(C)CN(c2ccc([N+](=O)[O-])c(C(=O)N3CCCC3)c2)CCO1.